The van der Waals surface area contributed by atoms with Gasteiger partial charge in [-0.05, 0) is 56.6 Å². The highest BCUT2D eigenvalue weighted by Crippen LogP contribution is 2.30. The van der Waals surface area contributed by atoms with E-state index in [2.05, 4.69) is 15.8 Å². The van der Waals surface area contributed by atoms with Crippen LogP contribution in [-0.2, 0) is 6.42 Å². The van der Waals surface area contributed by atoms with Gasteiger partial charge in [0.2, 0.25) is 0 Å². The Hall–Kier alpha value is -2.38. The Kier molecular flexibility index (Phi) is 5.29. The zero-order valence-corrected chi connectivity index (χ0v) is 16.1. The van der Waals surface area contributed by atoms with E-state index in [1.807, 2.05) is 19.9 Å². The van der Waals surface area contributed by atoms with Crippen molar-refractivity contribution in [2.75, 3.05) is 5.32 Å². The summed E-state index contributed by atoms with van der Waals surface area (Å²) in [6.45, 7) is 3.75. The van der Waals surface area contributed by atoms with Gasteiger partial charge >= 0.3 is 0 Å². The van der Waals surface area contributed by atoms with Gasteiger partial charge in [0.25, 0.3) is 5.91 Å². The minimum atomic E-state index is -0.321. The zero-order valence-electron chi connectivity index (χ0n) is 14.5. The second-order valence-corrected chi connectivity index (χ2v) is 7.01. The highest BCUT2D eigenvalue weighted by Gasteiger charge is 2.28. The van der Waals surface area contributed by atoms with Crippen LogP contribution in [0.1, 0.15) is 45.8 Å². The van der Waals surface area contributed by atoms with E-state index in [1.165, 1.54) is 0 Å². The molecule has 1 heterocycles. The fraction of sp³-hybridized carbons (Fsp3) is 0.278. The molecule has 0 atom stereocenters. The van der Waals surface area contributed by atoms with Crippen molar-refractivity contribution in [3.05, 3.63) is 51.4 Å². The largest absolute Gasteiger partial charge is 0.455 e. The highest BCUT2D eigenvalue weighted by atomic mass is 35.5. The number of amides is 1. The number of carbonyl (C=O) groups excluding carboxylic acids is 1. The first-order valence-electron chi connectivity index (χ1n) is 8.19. The molecular weight excluding hydrogens is 372 g/mol. The molecule has 4 N–H and O–H groups in total. The van der Waals surface area contributed by atoms with Gasteiger partial charge in [-0.2, -0.15) is 5.10 Å². The van der Waals surface area contributed by atoms with Gasteiger partial charge in [0.1, 0.15) is 5.76 Å². The molecule has 0 saturated heterocycles. The second kappa shape index (κ2) is 7.47. The van der Waals surface area contributed by atoms with E-state index >= 15 is 0 Å². The maximum Gasteiger partial charge on any atom is 0.291 e. The Bertz CT molecular complexity index is 920. The van der Waals surface area contributed by atoms with Gasteiger partial charge in [-0.3, -0.25) is 10.2 Å². The standard InChI is InChI=1S/C18H19ClN4O2S/c1-9-6-7-11(8-12(9)19)21-17(24)16-10(2)15-13(22-23-18(20)26)4-3-5-14(15)25-16/h6-8H,3-5H2,1-2H3,(H,21,24)(H3,20,23,26)/b22-13+. The Morgan fingerprint density at radius 3 is 2.81 bits per heavy atom. The lowest BCUT2D eigenvalue weighted by molar-refractivity contribution is 0.0994. The number of furan rings is 1. The number of carbonyl (C=O) groups is 1. The number of anilines is 1. The number of hydrazone groups is 1. The number of benzene rings is 1. The van der Waals surface area contributed by atoms with Gasteiger partial charge in [-0.15, -0.1) is 0 Å². The van der Waals surface area contributed by atoms with Gasteiger partial charge in [0.05, 0.1) is 5.71 Å². The topological polar surface area (TPSA) is 92.6 Å². The van der Waals surface area contributed by atoms with Crippen molar-refractivity contribution < 1.29 is 9.21 Å². The van der Waals surface area contributed by atoms with Crippen LogP contribution in [0.4, 0.5) is 5.69 Å². The normalized spacial score (nSPS) is 14.8. The third-order valence-electron chi connectivity index (χ3n) is 4.26. The van der Waals surface area contributed by atoms with E-state index in [4.69, 9.17) is 34.0 Å². The summed E-state index contributed by atoms with van der Waals surface area (Å²) in [5.41, 5.74) is 12.0. The number of thiocarbonyl (C=S) groups is 1. The Morgan fingerprint density at radius 2 is 2.12 bits per heavy atom. The predicted octanol–water partition coefficient (Wildman–Crippen LogP) is 3.68. The molecule has 1 amide bonds. The van der Waals surface area contributed by atoms with Crippen molar-refractivity contribution in [1.29, 1.82) is 0 Å². The Labute approximate surface area is 161 Å². The van der Waals surface area contributed by atoms with E-state index in [0.29, 0.717) is 10.7 Å². The summed E-state index contributed by atoms with van der Waals surface area (Å²) >= 11 is 10.9. The first kappa shape index (κ1) is 18.4. The highest BCUT2D eigenvalue weighted by molar-refractivity contribution is 7.80. The molecule has 8 heteroatoms. The summed E-state index contributed by atoms with van der Waals surface area (Å²) in [6, 6.07) is 5.37. The molecule has 1 aliphatic rings. The monoisotopic (exact) mass is 390 g/mol. The molecule has 1 aliphatic carbocycles. The molecule has 0 radical (unpaired) electrons. The van der Waals surface area contributed by atoms with Crippen LogP contribution in [0.25, 0.3) is 0 Å². The summed E-state index contributed by atoms with van der Waals surface area (Å²) in [6.07, 6.45) is 2.40. The van der Waals surface area contributed by atoms with Crippen molar-refractivity contribution in [3.8, 4) is 0 Å². The number of nitrogens with one attached hydrogen (secondary N) is 2. The van der Waals surface area contributed by atoms with Crippen molar-refractivity contribution in [2.45, 2.75) is 33.1 Å². The number of nitrogens with two attached hydrogens (primary N) is 1. The summed E-state index contributed by atoms with van der Waals surface area (Å²) < 4.78 is 5.84. The number of nitrogens with zero attached hydrogens (tertiary/aromatic N) is 1. The van der Waals surface area contributed by atoms with E-state index in [9.17, 15) is 4.79 Å². The summed E-state index contributed by atoms with van der Waals surface area (Å²) in [5, 5.41) is 7.77. The molecule has 3 rings (SSSR count). The molecule has 26 heavy (non-hydrogen) atoms. The molecule has 1 aromatic carbocycles. The van der Waals surface area contributed by atoms with Crippen LogP contribution in [0.2, 0.25) is 5.02 Å². The maximum absolute atomic E-state index is 12.7. The van der Waals surface area contributed by atoms with Crippen LogP contribution < -0.4 is 16.5 Å². The molecular formula is C18H19ClN4O2S. The quantitative estimate of drug-likeness (QED) is 0.549. The zero-order chi connectivity index (χ0) is 18.8. The van der Waals surface area contributed by atoms with E-state index in [-0.39, 0.29) is 16.8 Å². The van der Waals surface area contributed by atoms with Crippen LogP contribution >= 0.6 is 23.8 Å². The fourth-order valence-electron chi connectivity index (χ4n) is 2.98. The lowest BCUT2D eigenvalue weighted by Crippen LogP contribution is -2.26. The van der Waals surface area contributed by atoms with Crippen molar-refractivity contribution in [1.82, 2.24) is 5.43 Å². The van der Waals surface area contributed by atoms with Crippen LogP contribution in [0.3, 0.4) is 0 Å². The number of aryl methyl sites for hydroxylation is 2. The third-order valence-corrected chi connectivity index (χ3v) is 4.76. The molecule has 1 aromatic heterocycles. The van der Waals surface area contributed by atoms with Crippen LogP contribution in [-0.4, -0.2) is 16.7 Å². The van der Waals surface area contributed by atoms with Crippen molar-refractivity contribution in [3.63, 3.8) is 0 Å². The number of rotatable bonds is 3. The van der Waals surface area contributed by atoms with Gasteiger partial charge < -0.3 is 15.5 Å². The van der Waals surface area contributed by atoms with Crippen LogP contribution in [0.5, 0.6) is 0 Å². The minimum Gasteiger partial charge on any atom is -0.455 e. The van der Waals surface area contributed by atoms with Crippen LogP contribution in [0, 0.1) is 13.8 Å². The predicted molar refractivity (Wildman–Crippen MR) is 107 cm³/mol. The summed E-state index contributed by atoms with van der Waals surface area (Å²) in [5.74, 6) is 0.708. The van der Waals surface area contributed by atoms with Crippen LogP contribution in [0.15, 0.2) is 27.7 Å². The van der Waals surface area contributed by atoms with E-state index < -0.39 is 0 Å². The lowest BCUT2D eigenvalue weighted by atomic mass is 9.93. The molecule has 0 fully saturated rings. The minimum absolute atomic E-state index is 0.0972. The maximum atomic E-state index is 12.7. The summed E-state index contributed by atoms with van der Waals surface area (Å²) in [4.78, 5) is 12.7. The first-order valence-corrected chi connectivity index (χ1v) is 8.97. The number of halogens is 1. The molecule has 0 aliphatic heterocycles. The molecule has 2 aromatic rings. The average Bonchev–Trinajstić information content (AvgIpc) is 2.94. The SMILES string of the molecule is Cc1ccc(NC(=O)c2oc3c(c2C)/C(=N/NC(N)=S)CCC3)cc1Cl. The molecule has 6 nitrogen and oxygen atoms in total. The number of hydrogen-bond acceptors (Lipinski definition) is 4. The average molecular weight is 391 g/mol. The Morgan fingerprint density at radius 1 is 1.35 bits per heavy atom. The van der Waals surface area contributed by atoms with Gasteiger partial charge in [0, 0.05) is 28.3 Å². The van der Waals surface area contributed by atoms with Gasteiger partial charge in [-0.25, -0.2) is 0 Å². The Balaban J connectivity index is 1.89. The molecule has 0 spiro atoms. The van der Waals surface area contributed by atoms with E-state index in [1.54, 1.807) is 12.1 Å². The van der Waals surface area contributed by atoms with Crippen molar-refractivity contribution >= 4 is 46.2 Å². The molecule has 0 bridgehead atoms. The fourth-order valence-corrected chi connectivity index (χ4v) is 3.20. The third kappa shape index (κ3) is 3.73. The molecule has 0 saturated carbocycles. The number of hydrogen-bond donors (Lipinski definition) is 3. The second-order valence-electron chi connectivity index (χ2n) is 6.16. The van der Waals surface area contributed by atoms with E-state index in [0.717, 1.165) is 47.4 Å². The van der Waals surface area contributed by atoms with Crippen molar-refractivity contribution in [2.24, 2.45) is 10.8 Å². The first-order chi connectivity index (χ1) is 12.4. The van der Waals surface area contributed by atoms with Gasteiger partial charge in [-0.1, -0.05) is 17.7 Å². The number of fused-ring (bicyclic) bond motifs is 1. The molecule has 136 valence electrons. The lowest BCUT2D eigenvalue weighted by Gasteiger charge is -2.13. The summed E-state index contributed by atoms with van der Waals surface area (Å²) in [7, 11) is 0. The van der Waals surface area contributed by atoms with Gasteiger partial charge in [0.15, 0.2) is 10.9 Å². The smallest absolute Gasteiger partial charge is 0.291 e. The molecule has 0 unspecified atom stereocenters.